The lowest BCUT2D eigenvalue weighted by Gasteiger charge is -2.17. The number of benzene rings is 1. The van der Waals surface area contributed by atoms with Crippen LogP contribution >= 0.6 is 23.2 Å². The first kappa shape index (κ1) is 11.1. The molecule has 0 saturated heterocycles. The third-order valence-electron chi connectivity index (χ3n) is 2.90. The van der Waals surface area contributed by atoms with E-state index in [2.05, 4.69) is 13.8 Å². The van der Waals surface area contributed by atoms with E-state index < -0.39 is 0 Å². The summed E-state index contributed by atoms with van der Waals surface area (Å²) >= 11 is 12.3. The molecule has 0 spiro atoms. The Balaban J connectivity index is 2.69. The smallest absolute Gasteiger partial charge is 0.128 e. The SMILES string of the molecule is Cc1c(Cl)c(Cl)c(C)c2c1CC(C)(C)O2. The number of hydrogen-bond donors (Lipinski definition) is 0. The standard InChI is InChI=1S/C12H14Cl2O/c1-6-8-5-12(3,4)15-11(8)7(2)10(14)9(6)13/h5H2,1-4H3. The van der Waals surface area contributed by atoms with Crippen molar-refractivity contribution >= 4 is 23.2 Å². The lowest BCUT2D eigenvalue weighted by Crippen LogP contribution is -2.24. The average molecular weight is 245 g/mol. The molecule has 0 fully saturated rings. The Morgan fingerprint density at radius 1 is 1.07 bits per heavy atom. The van der Waals surface area contributed by atoms with Gasteiger partial charge in [-0.15, -0.1) is 0 Å². The zero-order valence-electron chi connectivity index (χ0n) is 9.37. The lowest BCUT2D eigenvalue weighted by molar-refractivity contribution is 0.137. The van der Waals surface area contributed by atoms with E-state index in [1.807, 2.05) is 13.8 Å². The van der Waals surface area contributed by atoms with Gasteiger partial charge in [0, 0.05) is 17.5 Å². The lowest BCUT2D eigenvalue weighted by atomic mass is 9.96. The van der Waals surface area contributed by atoms with Crippen LogP contribution in [0.3, 0.4) is 0 Å². The number of halogens is 2. The number of ether oxygens (including phenoxy) is 1. The van der Waals surface area contributed by atoms with E-state index in [0.717, 1.165) is 23.3 Å². The molecule has 0 saturated carbocycles. The van der Waals surface area contributed by atoms with Crippen LogP contribution in [0, 0.1) is 13.8 Å². The number of hydrogen-bond acceptors (Lipinski definition) is 1. The molecule has 3 heteroatoms. The van der Waals surface area contributed by atoms with Crippen molar-refractivity contribution < 1.29 is 4.74 Å². The van der Waals surface area contributed by atoms with E-state index in [9.17, 15) is 0 Å². The third kappa shape index (κ3) is 1.62. The highest BCUT2D eigenvalue weighted by molar-refractivity contribution is 6.43. The Bertz CT molecular complexity index is 397. The fraction of sp³-hybridized carbons (Fsp3) is 0.500. The Labute approximate surface area is 100 Å². The van der Waals surface area contributed by atoms with Crippen molar-refractivity contribution in [2.45, 2.75) is 39.7 Å². The van der Waals surface area contributed by atoms with E-state index in [4.69, 9.17) is 27.9 Å². The van der Waals surface area contributed by atoms with Crippen LogP contribution in [0.15, 0.2) is 0 Å². The largest absolute Gasteiger partial charge is 0.487 e. The van der Waals surface area contributed by atoms with Crippen molar-refractivity contribution in [3.05, 3.63) is 26.7 Å². The first-order chi connectivity index (χ1) is 6.83. The molecule has 1 aliphatic heterocycles. The fourth-order valence-electron chi connectivity index (χ4n) is 2.05. The van der Waals surface area contributed by atoms with Crippen LogP contribution < -0.4 is 4.74 Å². The predicted octanol–water partition coefficient (Wildman–Crippen LogP) is 4.32. The van der Waals surface area contributed by atoms with Gasteiger partial charge in [-0.25, -0.2) is 0 Å². The summed E-state index contributed by atoms with van der Waals surface area (Å²) in [5.74, 6) is 0.923. The third-order valence-corrected chi connectivity index (χ3v) is 3.94. The van der Waals surface area contributed by atoms with E-state index in [1.165, 1.54) is 5.56 Å². The molecule has 2 rings (SSSR count). The molecule has 0 bridgehead atoms. The Morgan fingerprint density at radius 3 is 2.20 bits per heavy atom. The van der Waals surface area contributed by atoms with Crippen molar-refractivity contribution in [2.75, 3.05) is 0 Å². The first-order valence-electron chi connectivity index (χ1n) is 4.99. The van der Waals surface area contributed by atoms with E-state index in [0.29, 0.717) is 10.0 Å². The molecule has 0 atom stereocenters. The normalized spacial score (nSPS) is 17.5. The van der Waals surface area contributed by atoms with Gasteiger partial charge in [0.25, 0.3) is 0 Å². The van der Waals surface area contributed by atoms with Gasteiger partial charge in [0.1, 0.15) is 11.4 Å². The van der Waals surface area contributed by atoms with E-state index in [1.54, 1.807) is 0 Å². The molecule has 0 N–H and O–H groups in total. The molecule has 15 heavy (non-hydrogen) atoms. The molecule has 0 amide bonds. The molecular weight excluding hydrogens is 231 g/mol. The zero-order valence-corrected chi connectivity index (χ0v) is 10.9. The van der Waals surface area contributed by atoms with Gasteiger partial charge >= 0.3 is 0 Å². The highest BCUT2D eigenvalue weighted by Gasteiger charge is 2.34. The van der Waals surface area contributed by atoms with Crippen LogP contribution in [0.4, 0.5) is 0 Å². The van der Waals surface area contributed by atoms with Crippen molar-refractivity contribution in [3.8, 4) is 5.75 Å². The van der Waals surface area contributed by atoms with E-state index >= 15 is 0 Å². The maximum atomic E-state index is 6.17. The minimum absolute atomic E-state index is 0.147. The second kappa shape index (κ2) is 3.29. The molecule has 1 aromatic carbocycles. The molecule has 1 aliphatic rings. The Hall–Kier alpha value is -0.400. The molecule has 1 aromatic rings. The van der Waals surface area contributed by atoms with Gasteiger partial charge in [0.05, 0.1) is 10.0 Å². The molecule has 0 aliphatic carbocycles. The summed E-state index contributed by atoms with van der Waals surface area (Å²) in [6.45, 7) is 8.10. The van der Waals surface area contributed by atoms with Crippen molar-refractivity contribution in [1.29, 1.82) is 0 Å². The minimum Gasteiger partial charge on any atom is -0.487 e. The summed E-state index contributed by atoms with van der Waals surface area (Å²) < 4.78 is 5.90. The second-order valence-electron chi connectivity index (χ2n) is 4.72. The van der Waals surface area contributed by atoms with Crippen molar-refractivity contribution in [1.82, 2.24) is 0 Å². The van der Waals surface area contributed by atoms with Gasteiger partial charge < -0.3 is 4.74 Å². The summed E-state index contributed by atoms with van der Waals surface area (Å²) in [5.41, 5.74) is 3.05. The Morgan fingerprint density at radius 2 is 1.60 bits per heavy atom. The van der Waals surface area contributed by atoms with Gasteiger partial charge in [0.15, 0.2) is 0 Å². The summed E-state index contributed by atoms with van der Waals surface area (Å²) in [6.07, 6.45) is 0.895. The van der Waals surface area contributed by atoms with Crippen molar-refractivity contribution in [3.63, 3.8) is 0 Å². The maximum absolute atomic E-state index is 6.17. The molecule has 1 nitrogen and oxygen atoms in total. The molecule has 1 heterocycles. The number of fused-ring (bicyclic) bond motifs is 1. The van der Waals surface area contributed by atoms with Gasteiger partial charge in [-0.05, 0) is 33.3 Å². The van der Waals surface area contributed by atoms with Gasteiger partial charge in [0.2, 0.25) is 0 Å². The average Bonchev–Trinajstić information content (AvgIpc) is 2.48. The fourth-order valence-corrected chi connectivity index (χ4v) is 2.53. The highest BCUT2D eigenvalue weighted by atomic mass is 35.5. The van der Waals surface area contributed by atoms with E-state index in [-0.39, 0.29) is 5.60 Å². The monoisotopic (exact) mass is 244 g/mol. The highest BCUT2D eigenvalue weighted by Crippen LogP contribution is 2.45. The topological polar surface area (TPSA) is 9.23 Å². The molecular formula is C12H14Cl2O. The zero-order chi connectivity index (χ0) is 11.4. The Kier molecular flexibility index (Phi) is 2.44. The minimum atomic E-state index is -0.147. The van der Waals surface area contributed by atoms with Gasteiger partial charge in [-0.3, -0.25) is 0 Å². The first-order valence-corrected chi connectivity index (χ1v) is 5.75. The van der Waals surface area contributed by atoms with Crippen LogP contribution in [0.1, 0.15) is 30.5 Å². The maximum Gasteiger partial charge on any atom is 0.128 e. The summed E-state index contributed by atoms with van der Waals surface area (Å²) in [5, 5.41) is 1.28. The molecule has 0 unspecified atom stereocenters. The summed E-state index contributed by atoms with van der Waals surface area (Å²) in [4.78, 5) is 0. The van der Waals surface area contributed by atoms with Crippen LogP contribution in [-0.2, 0) is 6.42 Å². The van der Waals surface area contributed by atoms with Gasteiger partial charge in [-0.2, -0.15) is 0 Å². The van der Waals surface area contributed by atoms with Crippen LogP contribution in [0.2, 0.25) is 10.0 Å². The summed E-state index contributed by atoms with van der Waals surface area (Å²) in [6, 6.07) is 0. The molecule has 0 aromatic heterocycles. The van der Waals surface area contributed by atoms with Crippen LogP contribution in [-0.4, -0.2) is 5.60 Å². The second-order valence-corrected chi connectivity index (χ2v) is 5.48. The van der Waals surface area contributed by atoms with Gasteiger partial charge in [-0.1, -0.05) is 23.2 Å². The quantitative estimate of drug-likeness (QED) is 0.661. The summed E-state index contributed by atoms with van der Waals surface area (Å²) in [7, 11) is 0. The predicted molar refractivity (Wildman–Crippen MR) is 64.3 cm³/mol. The number of rotatable bonds is 0. The van der Waals surface area contributed by atoms with Crippen molar-refractivity contribution in [2.24, 2.45) is 0 Å². The molecule has 0 radical (unpaired) electrons. The molecule has 82 valence electrons. The van der Waals surface area contributed by atoms with Crippen LogP contribution in [0.25, 0.3) is 0 Å². The van der Waals surface area contributed by atoms with Crippen LogP contribution in [0.5, 0.6) is 5.75 Å².